The summed E-state index contributed by atoms with van der Waals surface area (Å²) < 4.78 is 8.87. The molecule has 0 saturated carbocycles. The molecule has 0 saturated heterocycles. The second-order valence-electron chi connectivity index (χ2n) is 13.6. The Kier molecular flexibility index (Phi) is 7.45. The predicted molar refractivity (Wildman–Crippen MR) is 224 cm³/mol. The van der Waals surface area contributed by atoms with Gasteiger partial charge in [-0.05, 0) is 90.7 Å². The maximum atomic E-state index is 6.53. The summed E-state index contributed by atoms with van der Waals surface area (Å²) in [5.41, 5.74) is 13.0. The Morgan fingerprint density at radius 3 is 2.33 bits per heavy atom. The third-order valence-electron chi connectivity index (χ3n) is 10.5. The van der Waals surface area contributed by atoms with Crippen LogP contribution < -0.4 is 0 Å². The van der Waals surface area contributed by atoms with E-state index >= 15 is 0 Å². The van der Waals surface area contributed by atoms with Crippen molar-refractivity contribution >= 4 is 60.2 Å². The van der Waals surface area contributed by atoms with Crippen molar-refractivity contribution in [1.82, 2.24) is 14.5 Å². The van der Waals surface area contributed by atoms with Gasteiger partial charge in [0.15, 0.2) is 5.82 Å². The normalized spacial score (nSPS) is 13.4. The van der Waals surface area contributed by atoms with Gasteiger partial charge in [-0.25, -0.2) is 9.97 Å². The van der Waals surface area contributed by atoms with E-state index in [0.29, 0.717) is 5.82 Å². The van der Waals surface area contributed by atoms with E-state index in [1.807, 2.05) is 49.4 Å². The van der Waals surface area contributed by atoms with Gasteiger partial charge >= 0.3 is 0 Å². The molecule has 54 heavy (non-hydrogen) atoms. The lowest BCUT2D eigenvalue weighted by atomic mass is 9.97. The van der Waals surface area contributed by atoms with Crippen molar-refractivity contribution in [3.8, 4) is 40.4 Å². The van der Waals surface area contributed by atoms with E-state index in [1.54, 1.807) is 0 Å². The Bertz CT molecular complexity index is 3140. The van der Waals surface area contributed by atoms with Crippen LogP contribution in [0.1, 0.15) is 19.2 Å². The van der Waals surface area contributed by atoms with E-state index in [9.17, 15) is 0 Å². The fraction of sp³-hybridized carbons (Fsp3) is 0.0400. The zero-order valence-electron chi connectivity index (χ0n) is 29.6. The second kappa shape index (κ2) is 12.8. The molecule has 0 radical (unpaired) electrons. The molecule has 254 valence electrons. The van der Waals surface area contributed by atoms with Crippen molar-refractivity contribution < 1.29 is 4.42 Å². The third-order valence-corrected chi connectivity index (χ3v) is 10.5. The molecule has 0 unspecified atom stereocenters. The molecule has 6 aromatic carbocycles. The summed E-state index contributed by atoms with van der Waals surface area (Å²) in [6.45, 7) is 1.99. The first-order valence-corrected chi connectivity index (χ1v) is 18.2. The van der Waals surface area contributed by atoms with Crippen LogP contribution in [0.4, 0.5) is 0 Å². The number of fused-ring (bicyclic) bond motifs is 7. The zero-order chi connectivity index (χ0) is 36.2. The molecule has 1 aliphatic rings. The van der Waals surface area contributed by atoms with Gasteiger partial charge in [-0.1, -0.05) is 109 Å². The van der Waals surface area contributed by atoms with Crippen LogP contribution >= 0.6 is 0 Å². The number of hydrogen-bond acceptors (Lipinski definition) is 3. The SMILES string of the molecule is C#C/C(=C\C=C/C)C1=C(c2nc(-c3cccc4oc5ccc(-c6ccc7c(c6)c6ccccc6n7-c6ccccc6)cc5c34)c3ccccc3n2)C=CC1. The van der Waals surface area contributed by atoms with Gasteiger partial charge in [0.05, 0.1) is 22.2 Å². The molecule has 0 N–H and O–H groups in total. The summed E-state index contributed by atoms with van der Waals surface area (Å²) in [7, 11) is 0. The Hall–Kier alpha value is -7.22. The van der Waals surface area contributed by atoms with Gasteiger partial charge in [0.1, 0.15) is 11.2 Å². The number of benzene rings is 6. The minimum atomic E-state index is 0.655. The highest BCUT2D eigenvalue weighted by Crippen LogP contribution is 2.42. The average molecular weight is 692 g/mol. The van der Waals surface area contributed by atoms with Gasteiger partial charge in [-0.15, -0.1) is 6.42 Å². The largest absolute Gasteiger partial charge is 0.456 e. The lowest BCUT2D eigenvalue weighted by molar-refractivity contribution is 0.669. The van der Waals surface area contributed by atoms with Crippen LogP contribution in [0.5, 0.6) is 0 Å². The van der Waals surface area contributed by atoms with Crippen molar-refractivity contribution in [2.24, 2.45) is 0 Å². The fourth-order valence-corrected chi connectivity index (χ4v) is 8.01. The molecule has 3 heterocycles. The summed E-state index contributed by atoms with van der Waals surface area (Å²) in [6, 6.07) is 47.0. The average Bonchev–Trinajstić information content (AvgIpc) is 3.95. The van der Waals surface area contributed by atoms with Crippen molar-refractivity contribution in [3.63, 3.8) is 0 Å². The van der Waals surface area contributed by atoms with Crippen LogP contribution in [-0.4, -0.2) is 14.5 Å². The number of rotatable bonds is 6. The molecule has 4 heteroatoms. The first kappa shape index (κ1) is 31.5. The number of para-hydroxylation sites is 3. The standard InChI is InChI=1S/C50H33N3O/c1-3-5-15-32(4-2)36-20-13-21-38(36)50-51-43-23-11-9-19-39(43)49(52-50)40-22-14-25-47-48(40)42-31-34(27-29-46(42)54-47)33-26-28-45-41(30-33)37-18-10-12-24-44(37)53(45)35-16-7-6-8-17-35/h2-3,5-19,21-31H,20H2,1H3/b5-3-,32-15+. The lowest BCUT2D eigenvalue weighted by Crippen LogP contribution is -1.99. The molecule has 0 aliphatic heterocycles. The molecular formula is C50H33N3O. The van der Waals surface area contributed by atoms with Crippen LogP contribution in [0.25, 0.3) is 88.3 Å². The molecular weight excluding hydrogens is 659 g/mol. The van der Waals surface area contributed by atoms with E-state index in [4.69, 9.17) is 20.8 Å². The van der Waals surface area contributed by atoms with Crippen molar-refractivity contribution in [2.75, 3.05) is 0 Å². The minimum Gasteiger partial charge on any atom is -0.456 e. The Balaban J connectivity index is 1.17. The van der Waals surface area contributed by atoms with Crippen LogP contribution in [-0.2, 0) is 0 Å². The van der Waals surface area contributed by atoms with Crippen LogP contribution in [0.2, 0.25) is 0 Å². The summed E-state index contributed by atoms with van der Waals surface area (Å²) in [5.74, 6) is 3.55. The van der Waals surface area contributed by atoms with E-state index in [1.165, 1.54) is 21.8 Å². The van der Waals surface area contributed by atoms with Crippen LogP contribution in [0.15, 0.2) is 179 Å². The molecule has 0 spiro atoms. The fourth-order valence-electron chi connectivity index (χ4n) is 8.01. The molecule has 9 aromatic rings. The van der Waals surface area contributed by atoms with Crippen molar-refractivity contribution in [1.29, 1.82) is 0 Å². The van der Waals surface area contributed by atoms with Crippen molar-refractivity contribution in [2.45, 2.75) is 13.3 Å². The third kappa shape index (κ3) is 5.02. The zero-order valence-corrected chi connectivity index (χ0v) is 29.6. The quantitative estimate of drug-likeness (QED) is 0.129. The number of nitrogens with zero attached hydrogens (tertiary/aromatic N) is 3. The Morgan fingerprint density at radius 2 is 1.48 bits per heavy atom. The predicted octanol–water partition coefficient (Wildman–Crippen LogP) is 12.8. The molecule has 0 amide bonds. The summed E-state index contributed by atoms with van der Waals surface area (Å²) >= 11 is 0. The summed E-state index contributed by atoms with van der Waals surface area (Å²) in [6.07, 6.45) is 16.9. The van der Waals surface area contributed by atoms with Gasteiger partial charge in [0.25, 0.3) is 0 Å². The van der Waals surface area contributed by atoms with Crippen LogP contribution in [0, 0.1) is 12.3 Å². The smallest absolute Gasteiger partial charge is 0.160 e. The number of terminal acetylenes is 1. The first-order chi connectivity index (χ1) is 26.7. The molecule has 3 aromatic heterocycles. The maximum absolute atomic E-state index is 6.53. The maximum Gasteiger partial charge on any atom is 0.160 e. The van der Waals surface area contributed by atoms with E-state index in [0.717, 1.165) is 84.1 Å². The monoisotopic (exact) mass is 691 g/mol. The highest BCUT2D eigenvalue weighted by atomic mass is 16.3. The first-order valence-electron chi connectivity index (χ1n) is 18.2. The van der Waals surface area contributed by atoms with Gasteiger partial charge in [0.2, 0.25) is 0 Å². The van der Waals surface area contributed by atoms with Gasteiger partial charge in [-0.3, -0.25) is 0 Å². The number of allylic oxidation sites excluding steroid dienone is 8. The van der Waals surface area contributed by atoms with Gasteiger partial charge in [-0.2, -0.15) is 0 Å². The van der Waals surface area contributed by atoms with Crippen molar-refractivity contribution in [3.05, 3.63) is 181 Å². The molecule has 0 atom stereocenters. The molecule has 10 rings (SSSR count). The lowest BCUT2D eigenvalue weighted by Gasteiger charge is -2.12. The molecule has 0 fully saturated rings. The van der Waals surface area contributed by atoms with E-state index in [2.05, 4.69) is 132 Å². The van der Waals surface area contributed by atoms with Gasteiger partial charge < -0.3 is 8.98 Å². The second-order valence-corrected chi connectivity index (χ2v) is 13.6. The number of hydrogen-bond donors (Lipinski definition) is 0. The van der Waals surface area contributed by atoms with E-state index in [-0.39, 0.29) is 0 Å². The summed E-state index contributed by atoms with van der Waals surface area (Å²) in [5, 5.41) is 5.49. The minimum absolute atomic E-state index is 0.655. The Labute approximate surface area is 312 Å². The molecule has 0 bridgehead atoms. The topological polar surface area (TPSA) is 43.9 Å². The highest BCUT2D eigenvalue weighted by Gasteiger charge is 2.22. The van der Waals surface area contributed by atoms with Crippen LogP contribution in [0.3, 0.4) is 0 Å². The number of furan rings is 1. The van der Waals surface area contributed by atoms with E-state index < -0.39 is 0 Å². The molecule has 4 nitrogen and oxygen atoms in total. The number of aromatic nitrogens is 3. The molecule has 1 aliphatic carbocycles. The summed E-state index contributed by atoms with van der Waals surface area (Å²) in [4.78, 5) is 10.4. The highest BCUT2D eigenvalue weighted by molar-refractivity contribution is 6.16. The Morgan fingerprint density at radius 1 is 0.722 bits per heavy atom. The van der Waals surface area contributed by atoms with Gasteiger partial charge in [0, 0.05) is 49.3 Å².